The van der Waals surface area contributed by atoms with Gasteiger partial charge in [-0.1, -0.05) is 19.3 Å². The second kappa shape index (κ2) is 8.69. The van der Waals surface area contributed by atoms with Gasteiger partial charge in [0.15, 0.2) is 6.61 Å². The fourth-order valence-electron chi connectivity index (χ4n) is 3.59. The summed E-state index contributed by atoms with van der Waals surface area (Å²) in [5, 5.41) is 3.89. The Labute approximate surface area is 169 Å². The van der Waals surface area contributed by atoms with E-state index in [4.69, 9.17) is 4.74 Å². The first-order valence-electron chi connectivity index (χ1n) is 9.68. The number of alkyl halides is 5. The number of ether oxygens (including phenoxy) is 1. The van der Waals surface area contributed by atoms with Crippen molar-refractivity contribution in [3.05, 3.63) is 51.6 Å². The predicted octanol–water partition coefficient (Wildman–Crippen LogP) is 4.79. The fraction of sp³-hybridized carbons (Fsp3) is 0.550. The van der Waals surface area contributed by atoms with Crippen molar-refractivity contribution in [2.75, 3.05) is 6.61 Å². The number of hydrogen-bond acceptors (Lipinski definition) is 4. The van der Waals surface area contributed by atoms with Crippen molar-refractivity contribution in [3.63, 3.8) is 0 Å². The van der Waals surface area contributed by atoms with Crippen LogP contribution in [0.25, 0.3) is 0 Å². The summed E-state index contributed by atoms with van der Waals surface area (Å²) in [4.78, 5) is 16.7. The third kappa shape index (κ3) is 5.54. The Morgan fingerprint density at radius 1 is 1.17 bits per heavy atom. The van der Waals surface area contributed by atoms with Crippen LogP contribution in [0, 0.1) is 0 Å². The normalized spacial score (nSPS) is 15.9. The Kier molecular flexibility index (Phi) is 6.42. The van der Waals surface area contributed by atoms with Gasteiger partial charge in [0.05, 0.1) is 17.8 Å². The summed E-state index contributed by atoms with van der Waals surface area (Å²) >= 11 is 0. The molecule has 164 valence electrons. The molecule has 0 spiro atoms. The summed E-state index contributed by atoms with van der Waals surface area (Å²) in [7, 11) is 0. The minimum Gasteiger partial charge on any atom is -0.470 e. The lowest BCUT2D eigenvalue weighted by Gasteiger charge is -2.23. The van der Waals surface area contributed by atoms with Crippen LogP contribution >= 0.6 is 0 Å². The Bertz CT molecular complexity index is 931. The summed E-state index contributed by atoms with van der Waals surface area (Å²) in [5.74, 6) is -3.46. The molecular formula is C20H22F5N3O2. The van der Waals surface area contributed by atoms with Crippen LogP contribution in [0.4, 0.5) is 22.0 Å². The standard InChI is InChI=1S/C20H22F5N3O2/c1-19(21,22)12-30-17-10-14(13-6-3-2-4-7-13)18(29)28(27-17)11-16-15(20(23,24)25)8-5-9-26-16/h5,8-10,13H,2-4,6-7,11-12H2,1H3. The van der Waals surface area contributed by atoms with E-state index in [-0.39, 0.29) is 17.5 Å². The van der Waals surface area contributed by atoms with E-state index in [1.54, 1.807) is 0 Å². The molecule has 0 radical (unpaired) electrons. The van der Waals surface area contributed by atoms with E-state index in [0.29, 0.717) is 12.5 Å². The maximum absolute atomic E-state index is 13.3. The Morgan fingerprint density at radius 2 is 1.87 bits per heavy atom. The van der Waals surface area contributed by atoms with Crippen molar-refractivity contribution in [2.45, 2.75) is 63.6 Å². The minimum absolute atomic E-state index is 0.115. The molecule has 0 unspecified atom stereocenters. The van der Waals surface area contributed by atoms with Crippen LogP contribution in [0.5, 0.6) is 5.88 Å². The molecule has 1 aliphatic carbocycles. The SMILES string of the molecule is CC(F)(F)COc1cc(C2CCCCC2)c(=O)n(Cc2ncccc2C(F)(F)F)n1. The van der Waals surface area contributed by atoms with Crippen molar-refractivity contribution in [2.24, 2.45) is 0 Å². The van der Waals surface area contributed by atoms with Gasteiger partial charge in [0, 0.05) is 24.8 Å². The molecule has 0 saturated heterocycles. The maximum Gasteiger partial charge on any atom is 0.418 e. The highest BCUT2D eigenvalue weighted by Crippen LogP contribution is 2.33. The minimum atomic E-state index is -4.65. The van der Waals surface area contributed by atoms with Crippen LogP contribution in [0.1, 0.15) is 61.8 Å². The molecule has 2 aromatic rings. The van der Waals surface area contributed by atoms with Crippen molar-refractivity contribution in [3.8, 4) is 5.88 Å². The second-order valence-corrected chi connectivity index (χ2v) is 7.59. The highest BCUT2D eigenvalue weighted by Gasteiger charge is 2.34. The molecule has 0 bridgehead atoms. The van der Waals surface area contributed by atoms with Gasteiger partial charge in [-0.2, -0.15) is 13.2 Å². The van der Waals surface area contributed by atoms with Gasteiger partial charge >= 0.3 is 6.18 Å². The van der Waals surface area contributed by atoms with Gasteiger partial charge in [-0.25, -0.2) is 13.5 Å². The highest BCUT2D eigenvalue weighted by atomic mass is 19.4. The lowest BCUT2D eigenvalue weighted by atomic mass is 9.85. The number of hydrogen-bond donors (Lipinski definition) is 0. The summed E-state index contributed by atoms with van der Waals surface area (Å²) in [5.41, 5.74) is -1.60. The van der Waals surface area contributed by atoms with E-state index < -0.39 is 36.4 Å². The monoisotopic (exact) mass is 431 g/mol. The first-order valence-corrected chi connectivity index (χ1v) is 9.68. The molecule has 30 heavy (non-hydrogen) atoms. The Balaban J connectivity index is 2.01. The van der Waals surface area contributed by atoms with Gasteiger partial charge < -0.3 is 4.74 Å². The maximum atomic E-state index is 13.3. The fourth-order valence-corrected chi connectivity index (χ4v) is 3.59. The molecule has 0 aromatic carbocycles. The third-order valence-corrected chi connectivity index (χ3v) is 4.99. The second-order valence-electron chi connectivity index (χ2n) is 7.59. The summed E-state index contributed by atoms with van der Waals surface area (Å²) in [6.07, 6.45) is 0.861. The number of rotatable bonds is 6. The summed E-state index contributed by atoms with van der Waals surface area (Å²) < 4.78 is 72.2. The first-order chi connectivity index (χ1) is 14.0. The molecule has 0 atom stereocenters. The molecule has 2 aromatic heterocycles. The zero-order valence-corrected chi connectivity index (χ0v) is 16.4. The molecule has 2 heterocycles. The lowest BCUT2D eigenvalue weighted by molar-refractivity contribution is -0.138. The predicted molar refractivity (Wildman–Crippen MR) is 98.8 cm³/mol. The van der Waals surface area contributed by atoms with Gasteiger partial charge in [0.1, 0.15) is 0 Å². The van der Waals surface area contributed by atoms with Gasteiger partial charge in [0.25, 0.3) is 11.5 Å². The molecule has 1 saturated carbocycles. The number of pyridine rings is 1. The molecule has 1 fully saturated rings. The van der Waals surface area contributed by atoms with Crippen LogP contribution in [-0.4, -0.2) is 27.3 Å². The molecular weight excluding hydrogens is 409 g/mol. The average Bonchev–Trinajstić information content (AvgIpc) is 2.68. The van der Waals surface area contributed by atoms with E-state index >= 15 is 0 Å². The summed E-state index contributed by atoms with van der Waals surface area (Å²) in [6.45, 7) is -0.831. The van der Waals surface area contributed by atoms with Crippen LogP contribution in [0.2, 0.25) is 0 Å². The Morgan fingerprint density at radius 3 is 2.50 bits per heavy atom. The van der Waals surface area contributed by atoms with E-state index in [9.17, 15) is 26.7 Å². The highest BCUT2D eigenvalue weighted by molar-refractivity contribution is 5.26. The van der Waals surface area contributed by atoms with Gasteiger partial charge in [0.2, 0.25) is 5.88 Å². The van der Waals surface area contributed by atoms with Crippen LogP contribution in [0.15, 0.2) is 29.2 Å². The van der Waals surface area contributed by atoms with E-state index in [2.05, 4.69) is 10.1 Å². The number of aromatic nitrogens is 3. The molecule has 0 aliphatic heterocycles. The van der Waals surface area contributed by atoms with E-state index in [1.807, 2.05) is 0 Å². The lowest BCUT2D eigenvalue weighted by Crippen LogP contribution is -2.31. The number of nitrogens with zero attached hydrogens (tertiary/aromatic N) is 3. The van der Waals surface area contributed by atoms with Crippen LogP contribution in [-0.2, 0) is 12.7 Å². The summed E-state index contributed by atoms with van der Waals surface area (Å²) in [6, 6.07) is 3.36. The zero-order valence-electron chi connectivity index (χ0n) is 16.4. The average molecular weight is 431 g/mol. The Hall–Kier alpha value is -2.52. The first kappa shape index (κ1) is 22.2. The molecule has 0 N–H and O–H groups in total. The van der Waals surface area contributed by atoms with E-state index in [0.717, 1.165) is 48.9 Å². The quantitative estimate of drug-likeness (QED) is 0.618. The topological polar surface area (TPSA) is 57.0 Å². The molecule has 5 nitrogen and oxygen atoms in total. The van der Waals surface area contributed by atoms with Crippen LogP contribution < -0.4 is 10.3 Å². The van der Waals surface area contributed by atoms with Crippen molar-refractivity contribution < 1.29 is 26.7 Å². The smallest absolute Gasteiger partial charge is 0.418 e. The third-order valence-electron chi connectivity index (χ3n) is 4.99. The van der Waals surface area contributed by atoms with Crippen molar-refractivity contribution in [1.29, 1.82) is 0 Å². The molecule has 1 aliphatic rings. The van der Waals surface area contributed by atoms with Gasteiger partial charge in [-0.05, 0) is 30.9 Å². The van der Waals surface area contributed by atoms with Crippen molar-refractivity contribution in [1.82, 2.24) is 14.8 Å². The van der Waals surface area contributed by atoms with E-state index in [1.165, 1.54) is 12.3 Å². The largest absolute Gasteiger partial charge is 0.470 e. The molecule has 10 heteroatoms. The van der Waals surface area contributed by atoms with Crippen molar-refractivity contribution >= 4 is 0 Å². The zero-order chi connectivity index (χ0) is 21.9. The molecule has 3 rings (SSSR count). The molecule has 0 amide bonds. The van der Waals surface area contributed by atoms with Gasteiger partial charge in [-0.3, -0.25) is 9.78 Å². The number of halogens is 5. The van der Waals surface area contributed by atoms with Gasteiger partial charge in [-0.15, -0.1) is 5.10 Å². The van der Waals surface area contributed by atoms with Crippen LogP contribution in [0.3, 0.4) is 0 Å².